The van der Waals surface area contributed by atoms with Crippen molar-refractivity contribution < 1.29 is 4.79 Å². The van der Waals surface area contributed by atoms with Crippen molar-refractivity contribution in [3.05, 3.63) is 37.0 Å². The van der Waals surface area contributed by atoms with Gasteiger partial charge >= 0.3 is 0 Å². The summed E-state index contributed by atoms with van der Waals surface area (Å²) in [4.78, 5) is 10.4. The van der Waals surface area contributed by atoms with E-state index in [0.717, 1.165) is 31.3 Å². The second-order valence-corrected chi connectivity index (χ2v) is 3.28. The molecule has 0 aliphatic heterocycles. The minimum Gasteiger partial charge on any atom is -0.370 e. The summed E-state index contributed by atoms with van der Waals surface area (Å²) in [7, 11) is 0. The summed E-state index contributed by atoms with van der Waals surface area (Å²) in [6.45, 7) is 7.48. The summed E-state index contributed by atoms with van der Waals surface area (Å²) in [6.07, 6.45) is 10.0. The second-order valence-electron chi connectivity index (χ2n) is 3.28. The van der Waals surface area contributed by atoms with Gasteiger partial charge in [0.05, 0.1) is 0 Å². The van der Waals surface area contributed by atoms with Crippen molar-refractivity contribution in [3.8, 4) is 0 Å². The third-order valence-corrected chi connectivity index (χ3v) is 1.89. The number of primary amides is 1. The Morgan fingerprint density at radius 1 is 1.21 bits per heavy atom. The van der Waals surface area contributed by atoms with E-state index in [1.165, 1.54) is 0 Å². The molecular weight excluding hydrogens is 174 g/mol. The Morgan fingerprint density at radius 2 is 1.86 bits per heavy atom. The maximum atomic E-state index is 10.4. The molecule has 0 heterocycles. The zero-order chi connectivity index (χ0) is 10.8. The highest BCUT2D eigenvalue weighted by molar-refractivity contribution is 5.73. The number of nitrogens with two attached hydrogens (primary N) is 1. The van der Waals surface area contributed by atoms with Crippen molar-refractivity contribution in [2.45, 2.75) is 32.1 Å². The molecule has 78 valence electrons. The number of amides is 1. The first kappa shape index (κ1) is 12.7. The summed E-state index contributed by atoms with van der Waals surface area (Å²) >= 11 is 0. The number of rotatable bonds is 8. The summed E-state index contributed by atoms with van der Waals surface area (Å²) in [5.41, 5.74) is 6.12. The van der Waals surface area contributed by atoms with Crippen molar-refractivity contribution in [2.24, 2.45) is 5.73 Å². The van der Waals surface area contributed by atoms with Crippen LogP contribution in [0.25, 0.3) is 0 Å². The number of unbranched alkanes of at least 4 members (excludes halogenated alkanes) is 2. The lowest BCUT2D eigenvalue weighted by Crippen LogP contribution is -2.09. The highest BCUT2D eigenvalue weighted by Crippen LogP contribution is 2.09. The molecule has 0 aromatic rings. The molecule has 1 amide bonds. The molecule has 0 atom stereocenters. The predicted molar refractivity (Wildman–Crippen MR) is 60.8 cm³/mol. The molecule has 0 saturated carbocycles. The normalized spacial score (nSPS) is 10.3. The van der Waals surface area contributed by atoms with E-state index in [1.54, 1.807) is 6.08 Å². The zero-order valence-corrected chi connectivity index (χ0v) is 8.67. The van der Waals surface area contributed by atoms with Crippen LogP contribution in [0.5, 0.6) is 0 Å². The molecule has 0 fully saturated rings. The van der Waals surface area contributed by atoms with Gasteiger partial charge in [-0.25, -0.2) is 0 Å². The Kier molecular flexibility index (Phi) is 7.52. The lowest BCUT2D eigenvalue weighted by molar-refractivity contribution is -0.118. The van der Waals surface area contributed by atoms with E-state index < -0.39 is 0 Å². The molecule has 0 saturated heterocycles. The van der Waals surface area contributed by atoms with Gasteiger partial charge in [0, 0.05) is 6.42 Å². The fraction of sp³-hybridized carbons (Fsp3) is 0.417. The van der Waals surface area contributed by atoms with Crippen LogP contribution < -0.4 is 5.73 Å². The van der Waals surface area contributed by atoms with Crippen LogP contribution >= 0.6 is 0 Å². The van der Waals surface area contributed by atoms with Crippen molar-refractivity contribution in [1.29, 1.82) is 0 Å². The molecule has 0 aliphatic rings. The monoisotopic (exact) mass is 193 g/mol. The number of hydrogen-bond donors (Lipinski definition) is 1. The van der Waals surface area contributed by atoms with Gasteiger partial charge in [0.2, 0.25) is 5.91 Å². The fourth-order valence-electron chi connectivity index (χ4n) is 1.12. The third-order valence-electron chi connectivity index (χ3n) is 1.89. The van der Waals surface area contributed by atoms with Gasteiger partial charge in [-0.3, -0.25) is 4.79 Å². The Morgan fingerprint density at radius 3 is 2.43 bits per heavy atom. The standard InChI is InChI=1S/C12H19NO/c1-3-4-8-11(2)9-6-5-7-10-12(13)14/h3-4,8H,1-2,5-7,9-10H2,(H2,13,14)/b8-4-. The SMILES string of the molecule is C=C/C=C\C(=C)CCCCCC(N)=O. The van der Waals surface area contributed by atoms with Crippen molar-refractivity contribution in [2.75, 3.05) is 0 Å². The molecule has 2 N–H and O–H groups in total. The molecule has 0 unspecified atom stereocenters. The van der Waals surface area contributed by atoms with Gasteiger partial charge in [-0.2, -0.15) is 0 Å². The van der Waals surface area contributed by atoms with Gasteiger partial charge in [0.1, 0.15) is 0 Å². The van der Waals surface area contributed by atoms with Crippen LogP contribution in [0.3, 0.4) is 0 Å². The van der Waals surface area contributed by atoms with E-state index in [-0.39, 0.29) is 5.91 Å². The molecule has 14 heavy (non-hydrogen) atoms. The Labute approximate surface area is 86.2 Å². The lowest BCUT2D eigenvalue weighted by Gasteiger charge is -1.99. The number of allylic oxidation sites excluding steroid dienone is 4. The highest BCUT2D eigenvalue weighted by Gasteiger charge is 1.94. The third kappa shape index (κ3) is 8.78. The Bertz CT molecular complexity index is 228. The van der Waals surface area contributed by atoms with E-state index in [2.05, 4.69) is 13.2 Å². The van der Waals surface area contributed by atoms with Crippen LogP contribution in [0.15, 0.2) is 37.0 Å². The van der Waals surface area contributed by atoms with Crippen molar-refractivity contribution in [3.63, 3.8) is 0 Å². The van der Waals surface area contributed by atoms with Gasteiger partial charge in [0.25, 0.3) is 0 Å². The van der Waals surface area contributed by atoms with Crippen LogP contribution in [0.2, 0.25) is 0 Å². The van der Waals surface area contributed by atoms with Crippen LogP contribution in [0.1, 0.15) is 32.1 Å². The number of hydrogen-bond acceptors (Lipinski definition) is 1. The number of carbonyl (C=O) groups excluding carboxylic acids is 1. The first-order valence-electron chi connectivity index (χ1n) is 4.92. The maximum Gasteiger partial charge on any atom is 0.217 e. The topological polar surface area (TPSA) is 43.1 Å². The molecule has 2 heteroatoms. The minimum atomic E-state index is -0.213. The first-order chi connectivity index (χ1) is 6.66. The average molecular weight is 193 g/mol. The zero-order valence-electron chi connectivity index (χ0n) is 8.67. The maximum absolute atomic E-state index is 10.4. The largest absolute Gasteiger partial charge is 0.370 e. The molecule has 0 aliphatic carbocycles. The first-order valence-corrected chi connectivity index (χ1v) is 4.92. The Hall–Kier alpha value is -1.31. The summed E-state index contributed by atoms with van der Waals surface area (Å²) in [5.74, 6) is -0.213. The summed E-state index contributed by atoms with van der Waals surface area (Å²) < 4.78 is 0. The molecule has 0 aromatic carbocycles. The van der Waals surface area contributed by atoms with Crippen molar-refractivity contribution in [1.82, 2.24) is 0 Å². The van der Waals surface area contributed by atoms with Gasteiger partial charge in [-0.05, 0) is 19.3 Å². The van der Waals surface area contributed by atoms with E-state index >= 15 is 0 Å². The van der Waals surface area contributed by atoms with Crippen LogP contribution in [0.4, 0.5) is 0 Å². The molecule has 0 aromatic heterocycles. The molecule has 2 nitrogen and oxygen atoms in total. The molecule has 0 radical (unpaired) electrons. The Balaban J connectivity index is 3.36. The lowest BCUT2D eigenvalue weighted by atomic mass is 10.1. The van der Waals surface area contributed by atoms with E-state index in [9.17, 15) is 4.79 Å². The van der Waals surface area contributed by atoms with Crippen molar-refractivity contribution >= 4 is 5.91 Å². The molecule has 0 bridgehead atoms. The molecule has 0 spiro atoms. The predicted octanol–water partition coefficient (Wildman–Crippen LogP) is 2.72. The average Bonchev–Trinajstić information content (AvgIpc) is 2.13. The quantitative estimate of drug-likeness (QED) is 0.467. The van der Waals surface area contributed by atoms with Gasteiger partial charge < -0.3 is 5.73 Å². The number of carbonyl (C=O) groups is 1. The second kappa shape index (κ2) is 8.30. The smallest absolute Gasteiger partial charge is 0.217 e. The van der Waals surface area contributed by atoms with Gasteiger partial charge in [-0.15, -0.1) is 0 Å². The van der Waals surface area contributed by atoms with Crippen LogP contribution in [-0.4, -0.2) is 5.91 Å². The minimum absolute atomic E-state index is 0.213. The highest BCUT2D eigenvalue weighted by atomic mass is 16.1. The summed E-state index contributed by atoms with van der Waals surface area (Å²) in [5, 5.41) is 0. The van der Waals surface area contributed by atoms with Gasteiger partial charge in [0.15, 0.2) is 0 Å². The summed E-state index contributed by atoms with van der Waals surface area (Å²) in [6, 6.07) is 0. The van der Waals surface area contributed by atoms with Gasteiger partial charge in [-0.1, -0.05) is 43.4 Å². The van der Waals surface area contributed by atoms with Crippen LogP contribution in [0, 0.1) is 0 Å². The molecule has 0 rings (SSSR count). The molecular formula is C12H19NO. The van der Waals surface area contributed by atoms with Crippen LogP contribution in [-0.2, 0) is 4.79 Å². The van der Waals surface area contributed by atoms with E-state index in [0.29, 0.717) is 6.42 Å². The van der Waals surface area contributed by atoms with E-state index in [4.69, 9.17) is 5.73 Å². The van der Waals surface area contributed by atoms with E-state index in [1.807, 2.05) is 12.2 Å². The fourth-order valence-corrected chi connectivity index (χ4v) is 1.12.